The molecule has 1 aromatic heterocycles. The first-order chi connectivity index (χ1) is 11.1. The highest BCUT2D eigenvalue weighted by Crippen LogP contribution is 2.26. The van der Waals surface area contributed by atoms with Gasteiger partial charge in [-0.25, -0.2) is 9.37 Å². The molecule has 0 N–H and O–H groups in total. The average Bonchev–Trinajstić information content (AvgIpc) is 2.98. The minimum absolute atomic E-state index is 0.0890. The standard InChI is InChI=1S/C16H13BrClFN2O2/c17-11-3-2-7-20-15(11)23-10-6-8-21(9-10)16(22)14-12(18)4-1-5-13(14)19/h1-5,7,10H,6,8-9H2/t10-/m0/s1. The Hall–Kier alpha value is -1.66. The Bertz CT molecular complexity index is 724. The molecule has 1 aliphatic rings. The monoisotopic (exact) mass is 398 g/mol. The van der Waals surface area contributed by atoms with E-state index in [1.165, 1.54) is 18.2 Å². The van der Waals surface area contributed by atoms with Crippen molar-refractivity contribution >= 4 is 33.4 Å². The van der Waals surface area contributed by atoms with Crippen molar-refractivity contribution in [3.8, 4) is 5.88 Å². The second kappa shape index (κ2) is 6.84. The van der Waals surface area contributed by atoms with E-state index in [9.17, 15) is 9.18 Å². The average molecular weight is 400 g/mol. The molecule has 1 saturated heterocycles. The number of hydrogen-bond donors (Lipinski definition) is 0. The first kappa shape index (κ1) is 16.2. The number of carbonyl (C=O) groups excluding carboxylic acids is 1. The van der Waals surface area contributed by atoms with Crippen LogP contribution in [0.4, 0.5) is 4.39 Å². The molecular formula is C16H13BrClFN2O2. The topological polar surface area (TPSA) is 42.4 Å². The predicted octanol–water partition coefficient (Wildman–Crippen LogP) is 3.93. The summed E-state index contributed by atoms with van der Waals surface area (Å²) in [6, 6.07) is 7.84. The van der Waals surface area contributed by atoms with Crippen LogP contribution in [-0.2, 0) is 0 Å². The van der Waals surface area contributed by atoms with Gasteiger partial charge >= 0.3 is 0 Å². The van der Waals surface area contributed by atoms with Gasteiger partial charge in [0, 0.05) is 19.2 Å². The minimum atomic E-state index is -0.612. The summed E-state index contributed by atoms with van der Waals surface area (Å²) in [6.07, 6.45) is 2.11. The number of nitrogens with zero attached hydrogens (tertiary/aromatic N) is 2. The molecule has 0 bridgehead atoms. The Morgan fingerprint density at radius 3 is 2.96 bits per heavy atom. The van der Waals surface area contributed by atoms with Gasteiger partial charge in [-0.15, -0.1) is 0 Å². The van der Waals surface area contributed by atoms with Crippen molar-refractivity contribution in [1.29, 1.82) is 0 Å². The molecule has 0 spiro atoms. The second-order valence-corrected chi connectivity index (χ2v) is 6.43. The van der Waals surface area contributed by atoms with Crippen LogP contribution in [0.5, 0.6) is 5.88 Å². The highest BCUT2D eigenvalue weighted by molar-refractivity contribution is 9.10. The minimum Gasteiger partial charge on any atom is -0.472 e. The lowest BCUT2D eigenvalue weighted by atomic mass is 10.2. The fraction of sp³-hybridized carbons (Fsp3) is 0.250. The summed E-state index contributed by atoms with van der Waals surface area (Å²) in [5.74, 6) is -0.547. The highest BCUT2D eigenvalue weighted by Gasteiger charge is 2.31. The zero-order chi connectivity index (χ0) is 16.4. The van der Waals surface area contributed by atoms with Crippen molar-refractivity contribution in [2.75, 3.05) is 13.1 Å². The third-order valence-electron chi connectivity index (χ3n) is 3.61. The van der Waals surface area contributed by atoms with Crippen LogP contribution in [0.2, 0.25) is 5.02 Å². The van der Waals surface area contributed by atoms with Crippen LogP contribution in [0.15, 0.2) is 41.0 Å². The number of halogens is 3. The van der Waals surface area contributed by atoms with Gasteiger partial charge in [0.25, 0.3) is 5.91 Å². The number of carbonyl (C=O) groups is 1. The van der Waals surface area contributed by atoms with E-state index in [-0.39, 0.29) is 16.7 Å². The fourth-order valence-electron chi connectivity index (χ4n) is 2.48. The molecule has 4 nitrogen and oxygen atoms in total. The van der Waals surface area contributed by atoms with Gasteiger partial charge in [0.05, 0.1) is 21.6 Å². The van der Waals surface area contributed by atoms with Gasteiger partial charge in [-0.1, -0.05) is 17.7 Å². The Morgan fingerprint density at radius 1 is 1.39 bits per heavy atom. The molecule has 1 atom stereocenters. The number of rotatable bonds is 3. The normalized spacial score (nSPS) is 17.3. The zero-order valence-corrected chi connectivity index (χ0v) is 14.3. The maximum absolute atomic E-state index is 13.9. The number of aromatic nitrogens is 1. The van der Waals surface area contributed by atoms with Crippen molar-refractivity contribution in [1.82, 2.24) is 9.88 Å². The number of hydrogen-bond acceptors (Lipinski definition) is 3. The Morgan fingerprint density at radius 2 is 2.22 bits per heavy atom. The van der Waals surface area contributed by atoms with Gasteiger partial charge in [-0.3, -0.25) is 4.79 Å². The molecular weight excluding hydrogens is 387 g/mol. The second-order valence-electron chi connectivity index (χ2n) is 5.17. The molecule has 2 heterocycles. The quantitative estimate of drug-likeness (QED) is 0.785. The van der Waals surface area contributed by atoms with Crippen LogP contribution in [0.25, 0.3) is 0 Å². The van der Waals surface area contributed by atoms with E-state index in [2.05, 4.69) is 20.9 Å². The van der Waals surface area contributed by atoms with Crippen LogP contribution in [0, 0.1) is 5.82 Å². The van der Waals surface area contributed by atoms with Gasteiger partial charge < -0.3 is 9.64 Å². The first-order valence-electron chi connectivity index (χ1n) is 7.06. The summed E-state index contributed by atoms with van der Waals surface area (Å²) >= 11 is 9.32. The van der Waals surface area contributed by atoms with E-state index in [4.69, 9.17) is 16.3 Å². The molecule has 0 saturated carbocycles. The predicted molar refractivity (Wildman–Crippen MR) is 88.3 cm³/mol. The largest absolute Gasteiger partial charge is 0.472 e. The number of benzene rings is 1. The molecule has 0 unspecified atom stereocenters. The van der Waals surface area contributed by atoms with Crippen molar-refractivity contribution in [3.63, 3.8) is 0 Å². The summed E-state index contributed by atoms with van der Waals surface area (Å²) in [4.78, 5) is 18.2. The van der Waals surface area contributed by atoms with Crippen molar-refractivity contribution in [3.05, 3.63) is 57.4 Å². The molecule has 2 aromatic rings. The van der Waals surface area contributed by atoms with Crippen molar-refractivity contribution in [2.45, 2.75) is 12.5 Å². The summed E-state index contributed by atoms with van der Waals surface area (Å²) in [7, 11) is 0. The Labute approximate surface area is 146 Å². The van der Waals surface area contributed by atoms with E-state index in [1.807, 2.05) is 6.07 Å². The molecule has 0 aliphatic carbocycles. The summed E-state index contributed by atoms with van der Waals surface area (Å²) < 4.78 is 20.4. The molecule has 1 amide bonds. The van der Waals surface area contributed by atoms with E-state index < -0.39 is 11.7 Å². The number of amides is 1. The molecule has 1 aromatic carbocycles. The molecule has 120 valence electrons. The summed E-state index contributed by atoms with van der Waals surface area (Å²) in [6.45, 7) is 0.852. The van der Waals surface area contributed by atoms with E-state index in [0.29, 0.717) is 25.4 Å². The summed E-state index contributed by atoms with van der Waals surface area (Å²) in [5, 5.41) is 0.117. The van der Waals surface area contributed by atoms with Gasteiger partial charge in [0.1, 0.15) is 11.9 Å². The number of likely N-dealkylation sites (tertiary alicyclic amines) is 1. The fourth-order valence-corrected chi connectivity index (χ4v) is 3.08. The SMILES string of the molecule is O=C(c1c(F)cccc1Cl)N1CC[C@H](Oc2ncccc2Br)C1. The lowest BCUT2D eigenvalue weighted by Gasteiger charge is -2.18. The molecule has 0 radical (unpaired) electrons. The van der Waals surface area contributed by atoms with E-state index in [0.717, 1.165) is 4.47 Å². The molecule has 7 heteroatoms. The van der Waals surface area contributed by atoms with E-state index in [1.54, 1.807) is 17.2 Å². The number of pyridine rings is 1. The maximum atomic E-state index is 13.9. The van der Waals surface area contributed by atoms with Crippen LogP contribution in [0.1, 0.15) is 16.8 Å². The van der Waals surface area contributed by atoms with Gasteiger partial charge in [-0.2, -0.15) is 0 Å². The zero-order valence-electron chi connectivity index (χ0n) is 12.0. The lowest BCUT2D eigenvalue weighted by Crippen LogP contribution is -2.31. The highest BCUT2D eigenvalue weighted by atomic mass is 79.9. The molecule has 1 fully saturated rings. The van der Waals surface area contributed by atoms with Gasteiger partial charge in [-0.05, 0) is 40.2 Å². The summed E-state index contributed by atoms with van der Waals surface area (Å²) in [5.41, 5.74) is -0.0890. The van der Waals surface area contributed by atoms with Crippen molar-refractivity contribution in [2.24, 2.45) is 0 Å². The Kier molecular flexibility index (Phi) is 4.82. The Balaban J connectivity index is 1.70. The van der Waals surface area contributed by atoms with Crippen molar-refractivity contribution < 1.29 is 13.9 Å². The van der Waals surface area contributed by atoms with Gasteiger partial charge in [0.15, 0.2) is 0 Å². The third-order valence-corrected chi connectivity index (χ3v) is 4.53. The van der Waals surface area contributed by atoms with Crippen LogP contribution < -0.4 is 4.74 Å². The van der Waals surface area contributed by atoms with E-state index >= 15 is 0 Å². The molecule has 3 rings (SSSR count). The maximum Gasteiger partial charge on any atom is 0.258 e. The molecule has 1 aliphatic heterocycles. The number of ether oxygens (including phenoxy) is 1. The van der Waals surface area contributed by atoms with Crippen LogP contribution in [0.3, 0.4) is 0 Å². The third kappa shape index (κ3) is 3.48. The first-order valence-corrected chi connectivity index (χ1v) is 8.24. The lowest BCUT2D eigenvalue weighted by molar-refractivity contribution is 0.0766. The molecule has 23 heavy (non-hydrogen) atoms. The van der Waals surface area contributed by atoms with Gasteiger partial charge in [0.2, 0.25) is 5.88 Å². The smallest absolute Gasteiger partial charge is 0.258 e. The van der Waals surface area contributed by atoms with Crippen LogP contribution in [-0.4, -0.2) is 35.0 Å². The van der Waals surface area contributed by atoms with Crippen LogP contribution >= 0.6 is 27.5 Å².